The number of hydrogen-bond acceptors (Lipinski definition) is 4. The third kappa shape index (κ3) is 4.02. The molecule has 0 aromatic carbocycles. The van der Waals surface area contributed by atoms with Crippen molar-refractivity contribution in [2.75, 3.05) is 13.1 Å². The average molecular weight is 254 g/mol. The first kappa shape index (κ1) is 15.0. The molecule has 0 amide bonds. The van der Waals surface area contributed by atoms with Gasteiger partial charge in [0.15, 0.2) is 6.10 Å². The molecule has 1 atom stereocenters. The molecule has 1 aliphatic carbocycles. The summed E-state index contributed by atoms with van der Waals surface area (Å²) in [6, 6.07) is 0. The predicted molar refractivity (Wildman–Crippen MR) is 73.0 cm³/mol. The van der Waals surface area contributed by atoms with Crippen LogP contribution in [-0.4, -0.2) is 30.1 Å². The molecule has 3 N–H and O–H groups in total. The quantitative estimate of drug-likeness (QED) is 0.603. The Hall–Kier alpha value is -1.03. The number of Topliss-reactive ketones (excluding diaryl/α,β-unsaturated/α-hetero) is 1. The maximum atomic E-state index is 11.5. The van der Waals surface area contributed by atoms with E-state index in [9.17, 15) is 9.90 Å². The van der Waals surface area contributed by atoms with Crippen LogP contribution in [0, 0.1) is 5.41 Å². The maximum Gasteiger partial charge on any atom is 0.215 e. The molecule has 0 fully saturated rings. The first-order valence-electron chi connectivity index (χ1n) is 6.81. The second-order valence-electron chi connectivity index (χ2n) is 6.03. The number of rotatable bonds is 7. The Bertz CT molecular complexity index is 329. The minimum atomic E-state index is -0.943. The number of aliphatic hydroxyl groups excluding tert-OH is 1. The van der Waals surface area contributed by atoms with Crippen LogP contribution in [0.25, 0.3) is 0 Å². The van der Waals surface area contributed by atoms with E-state index in [0.717, 1.165) is 25.9 Å². The molecule has 1 aliphatic rings. The standard InChI is InChI=1S/C14H26N2O2/c1-5-15-10-11(13(18)12(10)17)16-9-7-6-8-14(2,3)4/h12,15-17H,5-9H2,1-4H3. The number of ketones is 1. The van der Waals surface area contributed by atoms with Gasteiger partial charge in [0.05, 0.1) is 5.70 Å². The van der Waals surface area contributed by atoms with E-state index in [1.165, 1.54) is 6.42 Å². The zero-order valence-electron chi connectivity index (χ0n) is 12.0. The van der Waals surface area contributed by atoms with E-state index < -0.39 is 6.10 Å². The van der Waals surface area contributed by atoms with Gasteiger partial charge in [0.1, 0.15) is 5.70 Å². The Balaban J connectivity index is 2.29. The molecule has 4 nitrogen and oxygen atoms in total. The Morgan fingerprint density at radius 2 is 1.89 bits per heavy atom. The van der Waals surface area contributed by atoms with Crippen molar-refractivity contribution in [3.05, 3.63) is 11.4 Å². The molecule has 1 unspecified atom stereocenters. The van der Waals surface area contributed by atoms with Crippen molar-refractivity contribution in [2.24, 2.45) is 5.41 Å². The van der Waals surface area contributed by atoms with Crippen LogP contribution in [0.2, 0.25) is 0 Å². The van der Waals surface area contributed by atoms with E-state index in [1.807, 2.05) is 6.92 Å². The molecule has 0 aliphatic heterocycles. The summed E-state index contributed by atoms with van der Waals surface area (Å²) in [6.07, 6.45) is 2.44. The van der Waals surface area contributed by atoms with Gasteiger partial charge in [-0.05, 0) is 25.2 Å². The second-order valence-corrected chi connectivity index (χ2v) is 6.03. The molecule has 104 valence electrons. The zero-order valence-corrected chi connectivity index (χ0v) is 12.0. The lowest BCUT2D eigenvalue weighted by Crippen LogP contribution is -2.48. The van der Waals surface area contributed by atoms with Crippen LogP contribution in [0.3, 0.4) is 0 Å². The largest absolute Gasteiger partial charge is 0.384 e. The van der Waals surface area contributed by atoms with E-state index in [0.29, 0.717) is 16.8 Å². The fourth-order valence-electron chi connectivity index (χ4n) is 2.01. The minimum Gasteiger partial charge on any atom is -0.384 e. The summed E-state index contributed by atoms with van der Waals surface area (Å²) < 4.78 is 0. The summed E-state index contributed by atoms with van der Waals surface area (Å²) in [5.41, 5.74) is 1.59. The zero-order chi connectivity index (χ0) is 13.8. The molecule has 0 saturated carbocycles. The van der Waals surface area contributed by atoms with Gasteiger partial charge in [-0.15, -0.1) is 0 Å². The highest BCUT2D eigenvalue weighted by Gasteiger charge is 2.37. The van der Waals surface area contributed by atoms with Crippen molar-refractivity contribution in [2.45, 2.75) is 53.1 Å². The number of likely N-dealkylation sites (N-methyl/N-ethyl adjacent to an activating group) is 1. The highest BCUT2D eigenvalue weighted by Crippen LogP contribution is 2.22. The first-order chi connectivity index (χ1) is 8.37. The van der Waals surface area contributed by atoms with Crippen molar-refractivity contribution in [3.8, 4) is 0 Å². The van der Waals surface area contributed by atoms with Gasteiger partial charge >= 0.3 is 0 Å². The SMILES string of the molecule is CCNC1=C(NCCCCC(C)(C)C)C(=O)C1O. The number of carbonyl (C=O) groups is 1. The normalized spacial score (nSPS) is 19.8. The van der Waals surface area contributed by atoms with Gasteiger partial charge in [-0.25, -0.2) is 0 Å². The Morgan fingerprint density at radius 3 is 2.44 bits per heavy atom. The van der Waals surface area contributed by atoms with Crippen LogP contribution in [-0.2, 0) is 4.79 Å². The summed E-state index contributed by atoms with van der Waals surface area (Å²) in [7, 11) is 0. The topological polar surface area (TPSA) is 61.4 Å². The number of nitrogens with one attached hydrogen (secondary N) is 2. The molecular weight excluding hydrogens is 228 g/mol. The summed E-state index contributed by atoms with van der Waals surface area (Å²) in [6.45, 7) is 10.2. The summed E-state index contributed by atoms with van der Waals surface area (Å²) in [5, 5.41) is 15.6. The van der Waals surface area contributed by atoms with Gasteiger partial charge in [0.2, 0.25) is 5.78 Å². The van der Waals surface area contributed by atoms with E-state index >= 15 is 0 Å². The molecule has 18 heavy (non-hydrogen) atoms. The van der Waals surface area contributed by atoms with E-state index in [-0.39, 0.29) is 5.78 Å². The Morgan fingerprint density at radius 1 is 1.22 bits per heavy atom. The van der Waals surface area contributed by atoms with Crippen molar-refractivity contribution < 1.29 is 9.90 Å². The van der Waals surface area contributed by atoms with Crippen LogP contribution in [0.5, 0.6) is 0 Å². The molecule has 0 radical (unpaired) electrons. The third-order valence-electron chi connectivity index (χ3n) is 3.06. The second kappa shape index (κ2) is 6.23. The molecular formula is C14H26N2O2. The molecule has 0 saturated heterocycles. The van der Waals surface area contributed by atoms with Gasteiger partial charge in [0, 0.05) is 13.1 Å². The lowest BCUT2D eigenvalue weighted by atomic mass is 9.90. The number of unbranched alkanes of at least 4 members (excludes halogenated alkanes) is 1. The molecule has 0 aromatic rings. The molecule has 0 bridgehead atoms. The predicted octanol–water partition coefficient (Wildman–Crippen LogP) is 1.56. The van der Waals surface area contributed by atoms with Crippen molar-refractivity contribution >= 4 is 5.78 Å². The smallest absolute Gasteiger partial charge is 0.215 e. The van der Waals surface area contributed by atoms with Crippen LogP contribution in [0.15, 0.2) is 11.4 Å². The molecule has 1 rings (SSSR count). The van der Waals surface area contributed by atoms with Crippen LogP contribution in [0.1, 0.15) is 47.0 Å². The third-order valence-corrected chi connectivity index (χ3v) is 3.06. The summed E-state index contributed by atoms with van der Waals surface area (Å²) in [5.74, 6) is -0.193. The monoisotopic (exact) mass is 254 g/mol. The first-order valence-corrected chi connectivity index (χ1v) is 6.81. The van der Waals surface area contributed by atoms with Crippen molar-refractivity contribution in [1.82, 2.24) is 10.6 Å². The fraction of sp³-hybridized carbons (Fsp3) is 0.786. The minimum absolute atomic E-state index is 0.193. The highest BCUT2D eigenvalue weighted by atomic mass is 16.3. The molecule has 0 heterocycles. The lowest BCUT2D eigenvalue weighted by molar-refractivity contribution is -0.125. The van der Waals surface area contributed by atoms with Gasteiger partial charge < -0.3 is 15.7 Å². The van der Waals surface area contributed by atoms with Gasteiger partial charge in [-0.3, -0.25) is 4.79 Å². The van der Waals surface area contributed by atoms with E-state index in [1.54, 1.807) is 0 Å². The van der Waals surface area contributed by atoms with E-state index in [2.05, 4.69) is 31.4 Å². The van der Waals surface area contributed by atoms with Gasteiger partial charge in [-0.1, -0.05) is 27.2 Å². The molecule has 0 spiro atoms. The van der Waals surface area contributed by atoms with Crippen molar-refractivity contribution in [1.29, 1.82) is 0 Å². The van der Waals surface area contributed by atoms with Crippen molar-refractivity contribution in [3.63, 3.8) is 0 Å². The van der Waals surface area contributed by atoms with Crippen LogP contribution in [0.4, 0.5) is 0 Å². The molecule has 0 aromatic heterocycles. The molecule has 4 heteroatoms. The number of hydrogen-bond donors (Lipinski definition) is 3. The summed E-state index contributed by atoms with van der Waals surface area (Å²) in [4.78, 5) is 11.5. The summed E-state index contributed by atoms with van der Waals surface area (Å²) >= 11 is 0. The van der Waals surface area contributed by atoms with Crippen LogP contribution >= 0.6 is 0 Å². The lowest BCUT2D eigenvalue weighted by Gasteiger charge is -2.29. The van der Waals surface area contributed by atoms with Gasteiger partial charge in [-0.2, -0.15) is 0 Å². The number of aliphatic hydroxyl groups is 1. The van der Waals surface area contributed by atoms with Crippen LogP contribution < -0.4 is 10.6 Å². The van der Waals surface area contributed by atoms with E-state index in [4.69, 9.17) is 0 Å². The maximum absolute atomic E-state index is 11.5. The fourth-order valence-corrected chi connectivity index (χ4v) is 2.01. The number of carbonyl (C=O) groups excluding carboxylic acids is 1. The van der Waals surface area contributed by atoms with Gasteiger partial charge in [0.25, 0.3) is 0 Å². The Labute approximate surface area is 110 Å². The average Bonchev–Trinajstić information content (AvgIpc) is 2.29. The highest BCUT2D eigenvalue weighted by molar-refractivity contribution is 6.07. The Kier molecular flexibility index (Phi) is 5.20.